The highest BCUT2D eigenvalue weighted by atomic mass is 35.5. The van der Waals surface area contributed by atoms with Gasteiger partial charge in [-0.05, 0) is 18.9 Å². The van der Waals surface area contributed by atoms with Gasteiger partial charge in [0.2, 0.25) is 0 Å². The van der Waals surface area contributed by atoms with Crippen molar-refractivity contribution in [1.29, 1.82) is 0 Å². The summed E-state index contributed by atoms with van der Waals surface area (Å²) in [7, 11) is 1.70. The molecule has 2 aromatic rings. The number of halogens is 1. The van der Waals surface area contributed by atoms with Crippen LogP contribution < -0.4 is 0 Å². The summed E-state index contributed by atoms with van der Waals surface area (Å²) in [4.78, 5) is 4.75. The van der Waals surface area contributed by atoms with Gasteiger partial charge in [-0.15, -0.1) is 0 Å². The van der Waals surface area contributed by atoms with Crippen LogP contribution in [0, 0.1) is 0 Å². The van der Waals surface area contributed by atoms with Crippen LogP contribution in [0.2, 0.25) is 5.02 Å². The van der Waals surface area contributed by atoms with E-state index < -0.39 is 0 Å². The summed E-state index contributed by atoms with van der Waals surface area (Å²) in [6, 6.07) is 8.07. The zero-order valence-corrected chi connectivity index (χ0v) is 10.5. The molecule has 1 aromatic carbocycles. The Hall–Kier alpha value is -1.12. The molecule has 0 atom stereocenters. The van der Waals surface area contributed by atoms with Crippen molar-refractivity contribution in [2.24, 2.45) is 0 Å². The second kappa shape index (κ2) is 4.28. The molecule has 0 amide bonds. The maximum absolute atomic E-state index is 6.33. The van der Waals surface area contributed by atoms with E-state index in [2.05, 4.69) is 0 Å². The number of aromatic nitrogens is 1. The summed E-state index contributed by atoms with van der Waals surface area (Å²) in [6.07, 6.45) is 2.47. The van der Waals surface area contributed by atoms with Crippen molar-refractivity contribution in [3.05, 3.63) is 40.5 Å². The topological polar surface area (TPSA) is 22.1 Å². The minimum atomic E-state index is 0.578. The third-order valence-corrected chi connectivity index (χ3v) is 3.50. The van der Waals surface area contributed by atoms with Crippen molar-refractivity contribution in [3.63, 3.8) is 0 Å². The molecule has 2 nitrogen and oxygen atoms in total. The van der Waals surface area contributed by atoms with Gasteiger partial charge in [-0.2, -0.15) is 0 Å². The monoisotopic (exact) mass is 247 g/mol. The number of rotatable bonds is 3. The fourth-order valence-electron chi connectivity index (χ4n) is 2.15. The minimum absolute atomic E-state index is 0.578. The standard InChI is InChI=1S/C14H14ClNO/c1-17-8-10-3-2-4-11-12(15)7-13(9-5-6-9)16-14(10)11/h2-4,7,9H,5-6,8H2,1H3. The van der Waals surface area contributed by atoms with Crippen LogP contribution in [-0.2, 0) is 11.3 Å². The summed E-state index contributed by atoms with van der Waals surface area (Å²) < 4.78 is 5.21. The Morgan fingerprint density at radius 3 is 2.94 bits per heavy atom. The van der Waals surface area contributed by atoms with E-state index in [1.165, 1.54) is 12.8 Å². The van der Waals surface area contributed by atoms with Crippen molar-refractivity contribution < 1.29 is 4.74 Å². The Balaban J connectivity index is 2.21. The molecule has 3 rings (SSSR count). The zero-order chi connectivity index (χ0) is 11.8. The molecule has 3 heteroatoms. The average molecular weight is 248 g/mol. The molecule has 0 radical (unpaired) electrons. The van der Waals surface area contributed by atoms with Gasteiger partial charge in [-0.25, -0.2) is 0 Å². The molecule has 88 valence electrons. The molecule has 0 unspecified atom stereocenters. The Morgan fingerprint density at radius 2 is 2.24 bits per heavy atom. The summed E-state index contributed by atoms with van der Waals surface area (Å²) in [6.45, 7) is 0.578. The van der Waals surface area contributed by atoms with Gasteiger partial charge in [0, 0.05) is 29.7 Å². The number of para-hydroxylation sites is 1. The highest BCUT2D eigenvalue weighted by Gasteiger charge is 2.26. The average Bonchev–Trinajstić information content (AvgIpc) is 3.14. The number of methoxy groups -OCH3 is 1. The number of benzene rings is 1. The van der Waals surface area contributed by atoms with Crippen molar-refractivity contribution in [2.45, 2.75) is 25.4 Å². The van der Waals surface area contributed by atoms with Gasteiger partial charge in [-0.1, -0.05) is 29.8 Å². The lowest BCUT2D eigenvalue weighted by Gasteiger charge is -2.08. The van der Waals surface area contributed by atoms with Gasteiger partial charge in [0.25, 0.3) is 0 Å². The maximum atomic E-state index is 6.33. The van der Waals surface area contributed by atoms with Crippen LogP contribution in [0.5, 0.6) is 0 Å². The molecule has 1 heterocycles. The molecule has 1 aliphatic carbocycles. The molecule has 0 saturated heterocycles. The van der Waals surface area contributed by atoms with E-state index in [0.29, 0.717) is 12.5 Å². The highest BCUT2D eigenvalue weighted by Crippen LogP contribution is 2.41. The molecule has 0 spiro atoms. The van der Waals surface area contributed by atoms with E-state index in [1.54, 1.807) is 7.11 Å². The molecule has 0 bridgehead atoms. The third kappa shape index (κ3) is 2.03. The number of hydrogen-bond donors (Lipinski definition) is 0. The maximum Gasteiger partial charge on any atom is 0.0775 e. The van der Waals surface area contributed by atoms with E-state index in [1.807, 2.05) is 24.3 Å². The second-order valence-electron chi connectivity index (χ2n) is 4.55. The quantitative estimate of drug-likeness (QED) is 0.820. The summed E-state index contributed by atoms with van der Waals surface area (Å²) >= 11 is 6.33. The molecule has 17 heavy (non-hydrogen) atoms. The molecule has 1 aliphatic rings. The van der Waals surface area contributed by atoms with Crippen molar-refractivity contribution in [3.8, 4) is 0 Å². The first-order valence-electron chi connectivity index (χ1n) is 5.86. The summed E-state index contributed by atoms with van der Waals surface area (Å²) in [5.41, 5.74) is 3.23. The Kier molecular flexibility index (Phi) is 2.77. The van der Waals surface area contributed by atoms with E-state index >= 15 is 0 Å². The smallest absolute Gasteiger partial charge is 0.0775 e. The summed E-state index contributed by atoms with van der Waals surface area (Å²) in [5.74, 6) is 0.618. The number of pyridine rings is 1. The van der Waals surface area contributed by atoms with Gasteiger partial charge in [0.15, 0.2) is 0 Å². The lowest BCUT2D eigenvalue weighted by molar-refractivity contribution is 0.186. The van der Waals surface area contributed by atoms with Crippen LogP contribution in [0.25, 0.3) is 10.9 Å². The number of ether oxygens (including phenoxy) is 1. The van der Waals surface area contributed by atoms with Gasteiger partial charge in [0.1, 0.15) is 0 Å². The van der Waals surface area contributed by atoms with E-state index in [4.69, 9.17) is 21.3 Å². The van der Waals surface area contributed by atoms with Crippen molar-refractivity contribution in [1.82, 2.24) is 4.98 Å². The number of fused-ring (bicyclic) bond motifs is 1. The molecule has 1 fully saturated rings. The largest absolute Gasteiger partial charge is 0.380 e. The number of nitrogens with zero attached hydrogens (tertiary/aromatic N) is 1. The Labute approximate surface area is 106 Å². The molecule has 1 aromatic heterocycles. The van der Waals surface area contributed by atoms with Gasteiger partial charge >= 0.3 is 0 Å². The summed E-state index contributed by atoms with van der Waals surface area (Å²) in [5, 5.41) is 1.82. The SMILES string of the molecule is COCc1cccc2c(Cl)cc(C3CC3)nc12. The van der Waals surface area contributed by atoms with Gasteiger partial charge in [0.05, 0.1) is 17.1 Å². The van der Waals surface area contributed by atoms with Crippen LogP contribution >= 0.6 is 11.6 Å². The predicted octanol–water partition coefficient (Wildman–Crippen LogP) is 3.91. The fraction of sp³-hybridized carbons (Fsp3) is 0.357. The lowest BCUT2D eigenvalue weighted by Crippen LogP contribution is -1.95. The molecular formula is C14H14ClNO. The second-order valence-corrected chi connectivity index (χ2v) is 4.96. The molecule has 0 aliphatic heterocycles. The van der Waals surface area contributed by atoms with Gasteiger partial charge in [-0.3, -0.25) is 4.98 Å². The third-order valence-electron chi connectivity index (χ3n) is 3.19. The molecule has 0 N–H and O–H groups in total. The minimum Gasteiger partial charge on any atom is -0.380 e. The molecular weight excluding hydrogens is 234 g/mol. The van der Waals surface area contributed by atoms with Crippen LogP contribution in [0.3, 0.4) is 0 Å². The molecule has 1 saturated carbocycles. The first-order chi connectivity index (χ1) is 8.29. The van der Waals surface area contributed by atoms with E-state index in [9.17, 15) is 0 Å². The van der Waals surface area contributed by atoms with E-state index in [0.717, 1.165) is 27.2 Å². The predicted molar refractivity (Wildman–Crippen MR) is 69.4 cm³/mol. The lowest BCUT2D eigenvalue weighted by atomic mass is 10.1. The first kappa shape index (κ1) is 11.0. The first-order valence-corrected chi connectivity index (χ1v) is 6.24. The van der Waals surface area contributed by atoms with Crippen LogP contribution in [0.1, 0.15) is 30.0 Å². The van der Waals surface area contributed by atoms with Crippen LogP contribution in [0.4, 0.5) is 0 Å². The normalized spacial score (nSPS) is 15.4. The fourth-order valence-corrected chi connectivity index (χ4v) is 2.41. The Morgan fingerprint density at radius 1 is 1.41 bits per heavy atom. The van der Waals surface area contributed by atoms with Crippen LogP contribution in [0.15, 0.2) is 24.3 Å². The van der Waals surface area contributed by atoms with E-state index in [-0.39, 0.29) is 0 Å². The number of hydrogen-bond acceptors (Lipinski definition) is 2. The zero-order valence-electron chi connectivity index (χ0n) is 9.74. The van der Waals surface area contributed by atoms with Gasteiger partial charge < -0.3 is 4.74 Å². The highest BCUT2D eigenvalue weighted by molar-refractivity contribution is 6.35. The van der Waals surface area contributed by atoms with Crippen LogP contribution in [-0.4, -0.2) is 12.1 Å². The van der Waals surface area contributed by atoms with Crippen molar-refractivity contribution in [2.75, 3.05) is 7.11 Å². The Bertz CT molecular complexity index is 563. The van der Waals surface area contributed by atoms with Crippen molar-refractivity contribution >= 4 is 22.5 Å².